The predicted octanol–water partition coefficient (Wildman–Crippen LogP) is 1.68. The van der Waals surface area contributed by atoms with Crippen molar-refractivity contribution in [1.29, 1.82) is 0 Å². The van der Waals surface area contributed by atoms with Crippen LogP contribution in [0.25, 0.3) is 0 Å². The second-order valence-electron chi connectivity index (χ2n) is 5.81. The van der Waals surface area contributed by atoms with Gasteiger partial charge in [-0.1, -0.05) is 26.7 Å². The Kier molecular flexibility index (Phi) is 7.39. The number of hydrogen-bond donors (Lipinski definition) is 3. The minimum Gasteiger partial charge on any atom is -0.396 e. The van der Waals surface area contributed by atoms with Crippen molar-refractivity contribution in [3.63, 3.8) is 0 Å². The van der Waals surface area contributed by atoms with Gasteiger partial charge in [-0.3, -0.25) is 4.79 Å². The maximum atomic E-state index is 12.5. The monoisotopic (exact) mass is 270 g/mol. The molecule has 2 unspecified atom stereocenters. The predicted molar refractivity (Wildman–Crippen MR) is 77.9 cm³/mol. The molecule has 4 nitrogen and oxygen atoms in total. The van der Waals surface area contributed by atoms with Gasteiger partial charge < -0.3 is 15.7 Å². The van der Waals surface area contributed by atoms with Crippen molar-refractivity contribution < 1.29 is 9.90 Å². The van der Waals surface area contributed by atoms with Crippen LogP contribution in [0, 0.1) is 11.3 Å². The molecule has 2 atom stereocenters. The van der Waals surface area contributed by atoms with Crippen LogP contribution >= 0.6 is 0 Å². The molecule has 0 aromatic rings. The van der Waals surface area contributed by atoms with E-state index in [1.807, 2.05) is 0 Å². The zero-order chi connectivity index (χ0) is 14.1. The second-order valence-corrected chi connectivity index (χ2v) is 5.81. The molecule has 1 aliphatic heterocycles. The van der Waals surface area contributed by atoms with E-state index in [2.05, 4.69) is 24.5 Å². The fourth-order valence-corrected chi connectivity index (χ4v) is 3.02. The lowest BCUT2D eigenvalue weighted by Gasteiger charge is -2.36. The van der Waals surface area contributed by atoms with E-state index in [0.717, 1.165) is 51.6 Å². The third kappa shape index (κ3) is 4.77. The highest BCUT2D eigenvalue weighted by molar-refractivity contribution is 5.83. The van der Waals surface area contributed by atoms with Gasteiger partial charge in [-0.2, -0.15) is 0 Å². The van der Waals surface area contributed by atoms with E-state index in [1.54, 1.807) is 0 Å². The summed E-state index contributed by atoms with van der Waals surface area (Å²) < 4.78 is 0. The molecule has 1 rings (SSSR count). The molecule has 1 aliphatic rings. The van der Waals surface area contributed by atoms with Crippen LogP contribution in [0.1, 0.15) is 52.4 Å². The number of carbonyl (C=O) groups is 1. The molecule has 3 N–H and O–H groups in total. The van der Waals surface area contributed by atoms with Crippen LogP contribution in [-0.2, 0) is 4.79 Å². The number of amides is 1. The zero-order valence-electron chi connectivity index (χ0n) is 12.5. The van der Waals surface area contributed by atoms with Crippen molar-refractivity contribution in [2.24, 2.45) is 11.3 Å². The average molecular weight is 270 g/mol. The van der Waals surface area contributed by atoms with Crippen LogP contribution < -0.4 is 10.6 Å². The van der Waals surface area contributed by atoms with E-state index in [-0.39, 0.29) is 17.9 Å². The fourth-order valence-electron chi connectivity index (χ4n) is 3.02. The molecule has 1 fully saturated rings. The molecule has 0 bridgehead atoms. The zero-order valence-corrected chi connectivity index (χ0v) is 12.5. The molecule has 0 radical (unpaired) electrons. The molecule has 0 spiro atoms. The lowest BCUT2D eigenvalue weighted by atomic mass is 9.76. The van der Waals surface area contributed by atoms with Gasteiger partial charge in [0.15, 0.2) is 0 Å². The summed E-state index contributed by atoms with van der Waals surface area (Å²) in [6, 6.07) is 0. The summed E-state index contributed by atoms with van der Waals surface area (Å²) >= 11 is 0. The van der Waals surface area contributed by atoms with Crippen LogP contribution in [0.3, 0.4) is 0 Å². The molecule has 1 amide bonds. The third-order valence-corrected chi connectivity index (χ3v) is 4.35. The highest BCUT2D eigenvalue weighted by Crippen LogP contribution is 2.31. The van der Waals surface area contributed by atoms with Crippen molar-refractivity contribution in [2.75, 3.05) is 26.2 Å². The number of nitrogens with one attached hydrogen (secondary N) is 2. The quantitative estimate of drug-likeness (QED) is 0.629. The van der Waals surface area contributed by atoms with Gasteiger partial charge in [0.25, 0.3) is 0 Å². The molecule has 0 aliphatic carbocycles. The highest BCUT2D eigenvalue weighted by atomic mass is 16.3. The largest absolute Gasteiger partial charge is 0.396 e. The van der Waals surface area contributed by atoms with Crippen molar-refractivity contribution in [1.82, 2.24) is 10.6 Å². The molecule has 0 saturated carbocycles. The Hall–Kier alpha value is -0.610. The van der Waals surface area contributed by atoms with Gasteiger partial charge in [-0.25, -0.2) is 0 Å². The summed E-state index contributed by atoms with van der Waals surface area (Å²) in [5.41, 5.74) is -0.204. The van der Waals surface area contributed by atoms with Crippen LogP contribution in [0.5, 0.6) is 0 Å². The van der Waals surface area contributed by atoms with Crippen LogP contribution in [0.4, 0.5) is 0 Å². The Morgan fingerprint density at radius 3 is 2.79 bits per heavy atom. The van der Waals surface area contributed by atoms with Gasteiger partial charge in [0.1, 0.15) is 0 Å². The standard InChI is InChI=1S/C15H30N2O2/c1-3-7-15(8-5-9-16-12-15)14(19)17-11-13(4-2)6-10-18/h13,16,18H,3-12H2,1-2H3,(H,17,19). The Bertz CT molecular complexity index is 257. The Balaban J connectivity index is 2.52. The number of rotatable bonds is 8. The van der Waals surface area contributed by atoms with Gasteiger partial charge >= 0.3 is 0 Å². The van der Waals surface area contributed by atoms with Gasteiger partial charge in [0.2, 0.25) is 5.91 Å². The minimum absolute atomic E-state index is 0.204. The lowest BCUT2D eigenvalue weighted by molar-refractivity contribution is -0.132. The SMILES string of the molecule is CCCC1(C(=O)NCC(CC)CCO)CCCNC1. The Morgan fingerprint density at radius 1 is 1.47 bits per heavy atom. The summed E-state index contributed by atoms with van der Waals surface area (Å²) in [5.74, 6) is 0.599. The van der Waals surface area contributed by atoms with E-state index in [9.17, 15) is 4.79 Å². The molecule has 19 heavy (non-hydrogen) atoms. The van der Waals surface area contributed by atoms with Crippen LogP contribution in [0.15, 0.2) is 0 Å². The fraction of sp³-hybridized carbons (Fsp3) is 0.933. The maximum Gasteiger partial charge on any atom is 0.227 e. The van der Waals surface area contributed by atoms with Gasteiger partial charge in [-0.15, -0.1) is 0 Å². The first kappa shape index (κ1) is 16.4. The first-order chi connectivity index (χ1) is 9.18. The third-order valence-electron chi connectivity index (χ3n) is 4.35. The van der Waals surface area contributed by atoms with E-state index in [4.69, 9.17) is 5.11 Å². The summed E-state index contributed by atoms with van der Waals surface area (Å²) in [7, 11) is 0. The Labute approximate surface area is 117 Å². The normalized spacial score (nSPS) is 25.0. The lowest BCUT2D eigenvalue weighted by Crippen LogP contribution is -2.51. The van der Waals surface area contributed by atoms with E-state index < -0.39 is 0 Å². The molecule has 112 valence electrons. The minimum atomic E-state index is -0.204. The first-order valence-corrected chi connectivity index (χ1v) is 7.78. The summed E-state index contributed by atoms with van der Waals surface area (Å²) in [6.07, 6.45) is 5.86. The number of piperidine rings is 1. The average Bonchev–Trinajstić information content (AvgIpc) is 2.44. The van der Waals surface area contributed by atoms with Crippen LogP contribution in [0.2, 0.25) is 0 Å². The van der Waals surface area contributed by atoms with E-state index in [0.29, 0.717) is 12.5 Å². The van der Waals surface area contributed by atoms with Crippen LogP contribution in [-0.4, -0.2) is 37.3 Å². The van der Waals surface area contributed by atoms with Crippen molar-refractivity contribution >= 4 is 5.91 Å². The molecular formula is C15H30N2O2. The van der Waals surface area contributed by atoms with Gasteiger partial charge in [0, 0.05) is 19.7 Å². The summed E-state index contributed by atoms with van der Waals surface area (Å²) in [6.45, 7) is 6.99. The maximum absolute atomic E-state index is 12.5. The molecule has 1 saturated heterocycles. The Morgan fingerprint density at radius 2 is 2.26 bits per heavy atom. The smallest absolute Gasteiger partial charge is 0.227 e. The number of carbonyl (C=O) groups excluding carboxylic acids is 1. The van der Waals surface area contributed by atoms with Crippen molar-refractivity contribution in [3.05, 3.63) is 0 Å². The summed E-state index contributed by atoms with van der Waals surface area (Å²) in [4.78, 5) is 12.5. The second kappa shape index (κ2) is 8.54. The molecular weight excluding hydrogens is 240 g/mol. The van der Waals surface area contributed by atoms with E-state index >= 15 is 0 Å². The van der Waals surface area contributed by atoms with E-state index in [1.165, 1.54) is 0 Å². The summed E-state index contributed by atoms with van der Waals surface area (Å²) in [5, 5.41) is 15.5. The highest BCUT2D eigenvalue weighted by Gasteiger charge is 2.38. The molecule has 4 heteroatoms. The van der Waals surface area contributed by atoms with Gasteiger partial charge in [0.05, 0.1) is 5.41 Å². The number of hydrogen-bond acceptors (Lipinski definition) is 3. The van der Waals surface area contributed by atoms with Crippen molar-refractivity contribution in [3.8, 4) is 0 Å². The molecule has 0 aromatic carbocycles. The van der Waals surface area contributed by atoms with Gasteiger partial charge in [-0.05, 0) is 38.1 Å². The topological polar surface area (TPSA) is 61.4 Å². The molecule has 0 aromatic heterocycles. The van der Waals surface area contributed by atoms with Crippen molar-refractivity contribution in [2.45, 2.75) is 52.4 Å². The first-order valence-electron chi connectivity index (χ1n) is 7.78. The number of aliphatic hydroxyl groups is 1. The number of aliphatic hydroxyl groups excluding tert-OH is 1. The molecule has 1 heterocycles.